The van der Waals surface area contributed by atoms with E-state index in [2.05, 4.69) is 32.8 Å². The maximum atomic E-state index is 11.9. The second kappa shape index (κ2) is 8.32. The molecule has 132 valence electrons. The van der Waals surface area contributed by atoms with Crippen molar-refractivity contribution in [2.24, 2.45) is 0 Å². The summed E-state index contributed by atoms with van der Waals surface area (Å²) < 4.78 is 5.85. The summed E-state index contributed by atoms with van der Waals surface area (Å²) in [5, 5.41) is 9.13. The predicted molar refractivity (Wildman–Crippen MR) is 97.1 cm³/mol. The van der Waals surface area contributed by atoms with Crippen LogP contribution in [0.25, 0.3) is 11.1 Å². The molecule has 0 aliphatic carbocycles. The molecule has 0 unspecified atom stereocenters. The fourth-order valence-corrected chi connectivity index (χ4v) is 2.75. The highest BCUT2D eigenvalue weighted by atomic mass is 35.5. The quantitative estimate of drug-likeness (QED) is 0.758. The Hall–Kier alpha value is -1.83. The number of rotatable bonds is 2. The number of piperazine rings is 1. The number of halogens is 1. The van der Waals surface area contributed by atoms with E-state index in [-0.39, 0.29) is 11.9 Å². The highest BCUT2D eigenvalue weighted by Gasteiger charge is 2.24. The molecule has 0 bridgehead atoms. The van der Waals surface area contributed by atoms with Gasteiger partial charge in [0.1, 0.15) is 5.52 Å². The van der Waals surface area contributed by atoms with Crippen LogP contribution in [-0.4, -0.2) is 57.7 Å². The van der Waals surface area contributed by atoms with Crippen LogP contribution in [0.4, 0.5) is 6.01 Å². The Morgan fingerprint density at radius 1 is 1.42 bits per heavy atom. The summed E-state index contributed by atoms with van der Waals surface area (Å²) in [5.74, 6) is -0.237. The van der Waals surface area contributed by atoms with Crippen LogP contribution in [0.1, 0.15) is 17.3 Å². The molecule has 2 heterocycles. The van der Waals surface area contributed by atoms with Crippen LogP contribution < -0.4 is 20.9 Å². The number of hydrogen-bond acceptors (Lipinski definition) is 6. The van der Waals surface area contributed by atoms with Crippen LogP contribution in [0, 0.1) is 0 Å². The first-order valence-electron chi connectivity index (χ1n) is 7.89. The van der Waals surface area contributed by atoms with Crippen molar-refractivity contribution in [3.63, 3.8) is 0 Å². The van der Waals surface area contributed by atoms with E-state index in [1.54, 1.807) is 19.2 Å². The maximum Gasteiger partial charge on any atom is 0.298 e. The van der Waals surface area contributed by atoms with Gasteiger partial charge in [0.05, 0.1) is 5.56 Å². The summed E-state index contributed by atoms with van der Waals surface area (Å²) in [6.45, 7) is 4.68. The molecular formula is C16H24ClN5O2. The lowest BCUT2D eigenvalue weighted by Crippen LogP contribution is -2.50. The predicted octanol–water partition coefficient (Wildman–Crippen LogP) is 1.47. The summed E-state index contributed by atoms with van der Waals surface area (Å²) in [6, 6.07) is 4.12. The third-order valence-electron chi connectivity index (χ3n) is 3.66. The van der Waals surface area contributed by atoms with Gasteiger partial charge in [-0.1, -0.05) is 11.6 Å². The van der Waals surface area contributed by atoms with Crippen molar-refractivity contribution in [1.82, 2.24) is 20.9 Å². The summed E-state index contributed by atoms with van der Waals surface area (Å²) >= 11 is 6.06. The van der Waals surface area contributed by atoms with Gasteiger partial charge in [-0.25, -0.2) is 0 Å². The highest BCUT2D eigenvalue weighted by Crippen LogP contribution is 2.29. The summed E-state index contributed by atoms with van der Waals surface area (Å²) in [7, 11) is 5.32. The van der Waals surface area contributed by atoms with Crippen molar-refractivity contribution in [1.29, 1.82) is 0 Å². The zero-order valence-corrected chi connectivity index (χ0v) is 15.2. The second-order valence-corrected chi connectivity index (χ2v) is 6.06. The van der Waals surface area contributed by atoms with Gasteiger partial charge in [-0.15, -0.1) is 0 Å². The minimum atomic E-state index is -0.237. The van der Waals surface area contributed by atoms with E-state index in [1.807, 2.05) is 14.1 Å². The third kappa shape index (κ3) is 3.98. The number of nitrogens with one attached hydrogen (secondary N) is 3. The lowest BCUT2D eigenvalue weighted by Gasteiger charge is -2.32. The number of aromatic nitrogens is 1. The molecule has 1 amide bonds. The molecule has 1 fully saturated rings. The fraction of sp³-hybridized carbons (Fsp3) is 0.500. The van der Waals surface area contributed by atoms with Crippen LogP contribution in [-0.2, 0) is 0 Å². The number of fused-ring (bicyclic) bond motifs is 1. The first kappa shape index (κ1) is 18.5. The molecule has 0 spiro atoms. The number of oxazole rings is 1. The van der Waals surface area contributed by atoms with Crippen molar-refractivity contribution in [2.75, 3.05) is 45.7 Å². The maximum absolute atomic E-state index is 11.9. The summed E-state index contributed by atoms with van der Waals surface area (Å²) in [4.78, 5) is 18.5. The topological polar surface area (TPSA) is 82.4 Å². The molecule has 1 aliphatic heterocycles. The number of anilines is 1. The molecular weight excluding hydrogens is 330 g/mol. The van der Waals surface area contributed by atoms with Gasteiger partial charge in [0.15, 0.2) is 5.58 Å². The first-order valence-corrected chi connectivity index (χ1v) is 8.27. The number of benzene rings is 1. The number of hydrogen-bond donors (Lipinski definition) is 3. The van der Waals surface area contributed by atoms with Crippen molar-refractivity contribution >= 4 is 34.6 Å². The van der Waals surface area contributed by atoms with E-state index in [0.717, 1.165) is 19.6 Å². The molecule has 1 aromatic carbocycles. The van der Waals surface area contributed by atoms with Gasteiger partial charge >= 0.3 is 0 Å². The van der Waals surface area contributed by atoms with Crippen molar-refractivity contribution in [3.8, 4) is 0 Å². The Bertz CT molecular complexity index is 703. The van der Waals surface area contributed by atoms with Gasteiger partial charge in [0.25, 0.3) is 11.9 Å². The SMILES string of the molecule is CNC.CNC(=O)c1cc(Cl)cc2nc(N3CCNC[C@@H]3C)oc12. The fourth-order valence-electron chi connectivity index (χ4n) is 2.54. The standard InChI is InChI=1S/C14H17ClN4O2.C2H7N/c1-8-7-17-3-4-19(8)14-18-11-6-9(15)5-10(12(11)21-14)13(20)16-2;1-3-2/h5-6,8,17H,3-4,7H2,1-2H3,(H,16,20);3H,1-2H3/t8-;/m0./s1. The van der Waals surface area contributed by atoms with Crippen molar-refractivity contribution in [2.45, 2.75) is 13.0 Å². The van der Waals surface area contributed by atoms with Gasteiger partial charge in [-0.2, -0.15) is 4.98 Å². The van der Waals surface area contributed by atoms with E-state index >= 15 is 0 Å². The Labute approximate surface area is 146 Å². The van der Waals surface area contributed by atoms with Crippen LogP contribution >= 0.6 is 11.6 Å². The van der Waals surface area contributed by atoms with Gasteiger partial charge in [-0.3, -0.25) is 4.79 Å². The molecule has 24 heavy (non-hydrogen) atoms. The molecule has 0 saturated carbocycles. The molecule has 2 aromatic rings. The lowest BCUT2D eigenvalue weighted by molar-refractivity contribution is 0.0964. The first-order chi connectivity index (χ1) is 11.5. The van der Waals surface area contributed by atoms with Crippen LogP contribution in [0.2, 0.25) is 5.02 Å². The minimum Gasteiger partial charge on any atom is -0.423 e. The number of nitrogens with zero attached hydrogens (tertiary/aromatic N) is 2. The van der Waals surface area contributed by atoms with E-state index in [4.69, 9.17) is 16.0 Å². The molecule has 1 saturated heterocycles. The smallest absolute Gasteiger partial charge is 0.298 e. The summed E-state index contributed by atoms with van der Waals surface area (Å²) in [6.07, 6.45) is 0. The van der Waals surface area contributed by atoms with Gasteiger partial charge in [0.2, 0.25) is 0 Å². The Balaban J connectivity index is 0.000000647. The van der Waals surface area contributed by atoms with Crippen molar-refractivity contribution in [3.05, 3.63) is 22.7 Å². The Morgan fingerprint density at radius 2 is 2.12 bits per heavy atom. The minimum absolute atomic E-state index is 0.237. The van der Waals surface area contributed by atoms with Crippen molar-refractivity contribution < 1.29 is 9.21 Å². The molecule has 0 radical (unpaired) electrons. The Kier molecular flexibility index (Phi) is 6.42. The average molecular weight is 354 g/mol. The number of amides is 1. The molecule has 1 aromatic heterocycles. The normalized spacial score (nSPS) is 17.4. The molecule has 3 N–H and O–H groups in total. The van der Waals surface area contributed by atoms with E-state index in [1.165, 1.54) is 0 Å². The summed E-state index contributed by atoms with van der Waals surface area (Å²) in [5.41, 5.74) is 1.47. The van der Waals surface area contributed by atoms with Gasteiger partial charge in [-0.05, 0) is 33.2 Å². The zero-order chi connectivity index (χ0) is 17.7. The van der Waals surface area contributed by atoms with Gasteiger partial charge < -0.3 is 25.3 Å². The van der Waals surface area contributed by atoms with E-state index in [0.29, 0.717) is 27.7 Å². The third-order valence-corrected chi connectivity index (χ3v) is 3.88. The monoisotopic (exact) mass is 353 g/mol. The van der Waals surface area contributed by atoms with E-state index in [9.17, 15) is 4.79 Å². The lowest BCUT2D eigenvalue weighted by atomic mass is 10.2. The zero-order valence-electron chi connectivity index (χ0n) is 14.4. The highest BCUT2D eigenvalue weighted by molar-refractivity contribution is 6.32. The molecule has 3 rings (SSSR count). The van der Waals surface area contributed by atoms with Crippen LogP contribution in [0.15, 0.2) is 16.5 Å². The largest absolute Gasteiger partial charge is 0.423 e. The Morgan fingerprint density at radius 3 is 2.75 bits per heavy atom. The van der Waals surface area contributed by atoms with Crippen LogP contribution in [0.5, 0.6) is 0 Å². The molecule has 1 atom stereocenters. The average Bonchev–Trinajstić information content (AvgIpc) is 2.98. The van der Waals surface area contributed by atoms with E-state index < -0.39 is 0 Å². The van der Waals surface area contributed by atoms with Crippen LogP contribution in [0.3, 0.4) is 0 Å². The van der Waals surface area contributed by atoms with Gasteiger partial charge in [0, 0.05) is 37.7 Å². The number of carbonyl (C=O) groups is 1. The number of carbonyl (C=O) groups excluding carboxylic acids is 1. The molecule has 8 heteroatoms. The molecule has 7 nitrogen and oxygen atoms in total. The molecule has 1 aliphatic rings. The second-order valence-electron chi connectivity index (χ2n) is 5.62.